The van der Waals surface area contributed by atoms with Gasteiger partial charge < -0.3 is 24.8 Å². The summed E-state index contributed by atoms with van der Waals surface area (Å²) in [5, 5.41) is 6.41. The van der Waals surface area contributed by atoms with E-state index >= 15 is 0 Å². The Kier molecular flexibility index (Phi) is 8.54. The summed E-state index contributed by atoms with van der Waals surface area (Å²) in [6, 6.07) is 11.8. The van der Waals surface area contributed by atoms with Crippen molar-refractivity contribution in [3.8, 4) is 5.75 Å². The lowest BCUT2D eigenvalue weighted by Gasteiger charge is -2.32. The highest BCUT2D eigenvalue weighted by Gasteiger charge is 2.32. The van der Waals surface area contributed by atoms with Crippen LogP contribution < -0.4 is 20.7 Å². The van der Waals surface area contributed by atoms with Gasteiger partial charge in [0.05, 0.1) is 34.8 Å². The Hall–Kier alpha value is -3.14. The summed E-state index contributed by atoms with van der Waals surface area (Å²) in [6.07, 6.45) is 2.25. The molecule has 2 heterocycles. The van der Waals surface area contributed by atoms with Crippen molar-refractivity contribution >= 4 is 62.9 Å². The molecule has 0 unspecified atom stereocenters. The van der Waals surface area contributed by atoms with Gasteiger partial charge in [0.15, 0.2) is 15.7 Å². The van der Waals surface area contributed by atoms with Gasteiger partial charge in [-0.25, -0.2) is 13.4 Å². The molecule has 2 N–H and O–H groups in total. The van der Waals surface area contributed by atoms with Gasteiger partial charge in [-0.15, -0.1) is 0 Å². The van der Waals surface area contributed by atoms with Crippen LogP contribution in [0.4, 0.5) is 23.1 Å². The van der Waals surface area contributed by atoms with Crippen molar-refractivity contribution in [2.24, 2.45) is 0 Å². The number of hydrogen-bond acceptors (Lipinski definition) is 9. The number of methoxy groups -OCH3 is 1. The van der Waals surface area contributed by atoms with Crippen LogP contribution in [0.1, 0.15) is 20.8 Å². The number of rotatable bonds is 8. The monoisotopic (exact) mass is 591 g/mol. The number of amides is 1. The molecule has 3 aromatic rings. The molecule has 39 heavy (non-hydrogen) atoms. The number of carbonyl (C=O) groups is 1. The van der Waals surface area contributed by atoms with E-state index in [0.717, 1.165) is 0 Å². The molecule has 1 fully saturated rings. The van der Waals surface area contributed by atoms with Crippen molar-refractivity contribution in [2.75, 3.05) is 43.2 Å². The molecule has 0 spiro atoms. The van der Waals surface area contributed by atoms with Gasteiger partial charge in [-0.1, -0.05) is 23.7 Å². The molecule has 1 saturated heterocycles. The number of carbonyl (C=O) groups excluding carboxylic acids is 1. The van der Waals surface area contributed by atoms with E-state index in [4.69, 9.17) is 16.3 Å². The summed E-state index contributed by atoms with van der Waals surface area (Å²) in [5.41, 5.74) is 0.895. The first-order chi connectivity index (χ1) is 18.4. The summed E-state index contributed by atoms with van der Waals surface area (Å²) in [7, 11) is -4.72. The minimum Gasteiger partial charge on any atom is -0.495 e. The lowest BCUT2D eigenvalue weighted by Crippen LogP contribution is -2.39. The van der Waals surface area contributed by atoms with Gasteiger partial charge in [-0.05, 0) is 44.2 Å². The average molecular weight is 592 g/mol. The fraction of sp³-hybridized carbons (Fsp3) is 0.346. The fourth-order valence-corrected chi connectivity index (χ4v) is 8.14. The first-order valence-electron chi connectivity index (χ1n) is 12.4. The third-order valence-corrected chi connectivity index (χ3v) is 12.2. The van der Waals surface area contributed by atoms with E-state index in [1.165, 1.54) is 26.3 Å². The number of ether oxygens (including phenoxy) is 1. The zero-order valence-corrected chi connectivity index (χ0v) is 24.6. The Morgan fingerprint density at radius 1 is 1.10 bits per heavy atom. The van der Waals surface area contributed by atoms with E-state index in [2.05, 4.69) is 20.6 Å². The molecule has 1 aliphatic rings. The zero-order chi connectivity index (χ0) is 28.4. The van der Waals surface area contributed by atoms with Crippen LogP contribution >= 0.6 is 18.7 Å². The van der Waals surface area contributed by atoms with Gasteiger partial charge >= 0.3 is 0 Å². The Morgan fingerprint density at radius 3 is 2.44 bits per heavy atom. The first kappa shape index (κ1) is 28.9. The number of halogens is 1. The molecule has 0 atom stereocenters. The largest absolute Gasteiger partial charge is 0.495 e. The maximum atomic E-state index is 13.6. The van der Waals surface area contributed by atoms with Crippen molar-refractivity contribution in [3.63, 3.8) is 0 Å². The molecule has 1 aliphatic heterocycles. The van der Waals surface area contributed by atoms with E-state index in [-0.39, 0.29) is 27.6 Å². The van der Waals surface area contributed by atoms with E-state index in [9.17, 15) is 17.8 Å². The van der Waals surface area contributed by atoms with E-state index < -0.39 is 22.2 Å². The van der Waals surface area contributed by atoms with Crippen molar-refractivity contribution in [2.45, 2.75) is 30.9 Å². The number of hydrogen-bond donors (Lipinski definition) is 2. The van der Waals surface area contributed by atoms with Crippen molar-refractivity contribution in [1.82, 2.24) is 14.9 Å². The molecular weight excluding hydrogens is 561 g/mol. The summed E-state index contributed by atoms with van der Waals surface area (Å²) >= 11 is 6.34. The van der Waals surface area contributed by atoms with Crippen LogP contribution in [0.2, 0.25) is 5.02 Å². The molecule has 4 rings (SSSR count). The van der Waals surface area contributed by atoms with Gasteiger partial charge in [0.1, 0.15) is 17.9 Å². The summed E-state index contributed by atoms with van der Waals surface area (Å²) < 4.78 is 44.9. The Bertz CT molecular complexity index is 1540. The second-order valence-electron chi connectivity index (χ2n) is 9.46. The average Bonchev–Trinajstić information content (AvgIpc) is 2.91. The third kappa shape index (κ3) is 6.21. The van der Waals surface area contributed by atoms with E-state index in [1.807, 2.05) is 0 Å². The fourth-order valence-electron chi connectivity index (χ4n) is 4.23. The lowest BCUT2D eigenvalue weighted by molar-refractivity contribution is -0.128. The highest BCUT2D eigenvalue weighted by atomic mass is 35.5. The van der Waals surface area contributed by atoms with Crippen molar-refractivity contribution in [1.29, 1.82) is 0 Å². The Morgan fingerprint density at radius 2 is 1.79 bits per heavy atom. The normalized spacial score (nSPS) is 15.2. The number of para-hydroxylation sites is 1. The standard InChI is InChI=1S/C26H31ClN5O5PS/c1-17(2)39(35,36)24-8-6-5-7-22(24)29-25-20(27)16-28-26(31-25)30-21-10-9-19(15-23(21)37-4)38(34)13-11-32(12-14-38)18(3)33/h5-10,15-17H,11-14H2,1-4H3,(H2,28,29,30,31). The van der Waals surface area contributed by atoms with E-state index in [0.29, 0.717) is 47.8 Å². The van der Waals surface area contributed by atoms with Gasteiger partial charge in [0, 0.05) is 37.6 Å². The van der Waals surface area contributed by atoms with E-state index in [1.54, 1.807) is 55.1 Å². The summed E-state index contributed by atoms with van der Waals surface area (Å²) in [4.78, 5) is 22.2. The smallest absolute Gasteiger partial charge is 0.229 e. The van der Waals surface area contributed by atoms with Crippen molar-refractivity contribution < 1.29 is 22.5 Å². The molecule has 0 bridgehead atoms. The van der Waals surface area contributed by atoms with Crippen LogP contribution in [0.5, 0.6) is 5.75 Å². The number of aromatic nitrogens is 2. The molecule has 0 aliphatic carbocycles. The predicted molar refractivity (Wildman–Crippen MR) is 155 cm³/mol. The van der Waals surface area contributed by atoms with Crippen LogP contribution in [0.15, 0.2) is 53.6 Å². The molecule has 1 amide bonds. The Balaban J connectivity index is 1.58. The number of nitrogens with zero attached hydrogens (tertiary/aromatic N) is 3. The molecule has 0 radical (unpaired) electrons. The maximum absolute atomic E-state index is 13.6. The molecule has 2 aromatic carbocycles. The highest BCUT2D eigenvalue weighted by molar-refractivity contribution is 7.92. The predicted octanol–water partition coefficient (Wildman–Crippen LogP) is 4.66. The van der Waals surface area contributed by atoms with Crippen LogP contribution in [0.3, 0.4) is 0 Å². The van der Waals surface area contributed by atoms with Crippen molar-refractivity contribution in [3.05, 3.63) is 53.7 Å². The summed E-state index contributed by atoms with van der Waals surface area (Å²) in [5.74, 6) is 0.856. The van der Waals surface area contributed by atoms with Gasteiger partial charge in [-0.3, -0.25) is 4.79 Å². The minimum atomic E-state index is -3.56. The molecule has 0 saturated carbocycles. The Labute approximate surface area is 233 Å². The van der Waals surface area contributed by atoms with Crippen LogP contribution in [0.25, 0.3) is 0 Å². The topological polar surface area (TPSA) is 131 Å². The quantitative estimate of drug-likeness (QED) is 0.359. The van der Waals surface area contributed by atoms with Crippen LogP contribution in [-0.4, -0.2) is 67.0 Å². The van der Waals surface area contributed by atoms with Gasteiger partial charge in [0.2, 0.25) is 11.9 Å². The molecule has 10 nitrogen and oxygen atoms in total. The first-order valence-corrected chi connectivity index (χ1v) is 16.4. The molecule has 208 valence electrons. The molecule has 1 aromatic heterocycles. The van der Waals surface area contributed by atoms with Gasteiger partial charge in [0.25, 0.3) is 0 Å². The summed E-state index contributed by atoms with van der Waals surface area (Å²) in [6.45, 7) is 5.69. The molecule has 13 heteroatoms. The second-order valence-corrected chi connectivity index (χ2v) is 15.5. The SMILES string of the molecule is COc1cc(P2(=O)CCN(C(C)=O)CC2)ccc1Nc1ncc(Cl)c(Nc2ccccc2S(=O)(=O)C(C)C)n1. The van der Waals surface area contributed by atoms with Crippen LogP contribution in [0, 0.1) is 0 Å². The maximum Gasteiger partial charge on any atom is 0.229 e. The van der Waals surface area contributed by atoms with Gasteiger partial charge in [-0.2, -0.15) is 4.98 Å². The lowest BCUT2D eigenvalue weighted by atomic mass is 10.3. The highest BCUT2D eigenvalue weighted by Crippen LogP contribution is 2.47. The number of sulfone groups is 1. The minimum absolute atomic E-state index is 0.0137. The third-order valence-electron chi connectivity index (χ3n) is 6.62. The molecular formula is C26H31ClN5O5PS. The number of nitrogens with one attached hydrogen (secondary N) is 2. The number of anilines is 4. The van der Waals surface area contributed by atoms with Crippen LogP contribution in [-0.2, 0) is 19.2 Å². The number of benzene rings is 2. The zero-order valence-electron chi connectivity index (χ0n) is 22.1. The second kappa shape index (κ2) is 11.5.